The number of nitrogens with zero attached hydrogens (tertiary/aromatic N) is 1. The summed E-state index contributed by atoms with van der Waals surface area (Å²) in [4.78, 5) is 41.5. The number of thioether (sulfide) groups is 1. The van der Waals surface area contributed by atoms with Crippen molar-refractivity contribution in [1.82, 2.24) is 4.90 Å². The van der Waals surface area contributed by atoms with Gasteiger partial charge in [-0.3, -0.25) is 9.59 Å². The van der Waals surface area contributed by atoms with Gasteiger partial charge in [0.15, 0.2) is 5.11 Å². The number of carbonyl (C=O) groups excluding carboxylic acids is 3. The molecule has 3 N–H and O–H groups in total. The van der Waals surface area contributed by atoms with E-state index >= 15 is 0 Å². The van der Waals surface area contributed by atoms with Gasteiger partial charge >= 0.3 is 5.97 Å². The molecule has 0 saturated heterocycles. The number of hydrogen-bond donors (Lipinski definition) is 3. The number of fused-ring (bicyclic) bond motifs is 1. The Morgan fingerprint density at radius 3 is 2.63 bits per heavy atom. The number of amides is 2. The number of methoxy groups -OCH3 is 1. The molecule has 4 rings (SSSR count). The molecule has 3 aromatic rings. The van der Waals surface area contributed by atoms with E-state index in [1.54, 1.807) is 18.9 Å². The minimum Gasteiger partial charge on any atom is -0.495 e. The summed E-state index contributed by atoms with van der Waals surface area (Å²) in [6, 6.07) is 15.1. The smallest absolute Gasteiger partial charge is 0.341 e. The highest BCUT2D eigenvalue weighted by Gasteiger charge is 2.31. The number of benzene rings is 2. The zero-order chi connectivity index (χ0) is 29.5. The Morgan fingerprint density at radius 1 is 1.12 bits per heavy atom. The third-order valence-corrected chi connectivity index (χ3v) is 8.78. The van der Waals surface area contributed by atoms with Gasteiger partial charge < -0.3 is 30.3 Å². The highest BCUT2D eigenvalue weighted by molar-refractivity contribution is 8.00. The van der Waals surface area contributed by atoms with Crippen molar-refractivity contribution in [3.8, 4) is 5.75 Å². The zero-order valence-electron chi connectivity index (χ0n) is 23.2. The predicted molar refractivity (Wildman–Crippen MR) is 168 cm³/mol. The van der Waals surface area contributed by atoms with Gasteiger partial charge in [0.1, 0.15) is 10.8 Å². The standard InChI is InChI=1S/C29H32N4O5S3/c1-5-38-28(36)25-21-13-14-33(18(3)34)16-24(21)41-27(25)32-26(35)17(2)40-20-10-8-9-19(15-20)30-29(39)31-22-11-6-7-12-23(22)37-4/h6-12,15,17H,5,13-14,16H2,1-4H3,(H,32,35)(H2,30,31,39). The number of thiocarbonyl (C=S) groups is 1. The van der Waals surface area contributed by atoms with Crippen molar-refractivity contribution >= 4 is 74.6 Å². The van der Waals surface area contributed by atoms with Crippen LogP contribution in [0.25, 0.3) is 0 Å². The Balaban J connectivity index is 1.43. The molecule has 2 amide bonds. The Morgan fingerprint density at radius 2 is 1.90 bits per heavy atom. The largest absolute Gasteiger partial charge is 0.495 e. The Hall–Kier alpha value is -3.61. The first-order chi connectivity index (χ1) is 19.7. The second-order valence-electron chi connectivity index (χ2n) is 9.18. The minimum absolute atomic E-state index is 0.0228. The number of anilines is 3. The van der Waals surface area contributed by atoms with Gasteiger partial charge in [-0.2, -0.15) is 0 Å². The molecule has 41 heavy (non-hydrogen) atoms. The Labute approximate surface area is 253 Å². The molecule has 2 heterocycles. The Bertz CT molecular complexity index is 1460. The lowest BCUT2D eigenvalue weighted by Crippen LogP contribution is -2.34. The van der Waals surface area contributed by atoms with Crippen LogP contribution >= 0.6 is 35.3 Å². The summed E-state index contributed by atoms with van der Waals surface area (Å²) in [5.74, 6) is -0.0530. The summed E-state index contributed by atoms with van der Waals surface area (Å²) in [6.07, 6.45) is 0.535. The van der Waals surface area contributed by atoms with Crippen molar-refractivity contribution in [3.05, 3.63) is 64.5 Å². The van der Waals surface area contributed by atoms with Crippen LogP contribution in [-0.4, -0.2) is 53.3 Å². The number of rotatable bonds is 9. The lowest BCUT2D eigenvalue weighted by atomic mass is 10.0. The van der Waals surface area contributed by atoms with Crippen LogP contribution in [-0.2, 0) is 27.3 Å². The van der Waals surface area contributed by atoms with E-state index in [-0.39, 0.29) is 18.4 Å². The summed E-state index contributed by atoms with van der Waals surface area (Å²) in [7, 11) is 1.60. The molecule has 0 aliphatic carbocycles. The van der Waals surface area contributed by atoms with Gasteiger partial charge in [-0.25, -0.2) is 4.79 Å². The molecule has 0 fully saturated rings. The fraction of sp³-hybridized carbons (Fsp3) is 0.310. The van der Waals surface area contributed by atoms with Crippen molar-refractivity contribution in [2.24, 2.45) is 0 Å². The third kappa shape index (κ3) is 7.57. The van der Waals surface area contributed by atoms with Crippen LogP contribution in [0.15, 0.2) is 53.4 Å². The first-order valence-corrected chi connectivity index (χ1v) is 15.2. The molecule has 0 saturated carbocycles. The van der Waals surface area contributed by atoms with Crippen LogP contribution in [0.5, 0.6) is 5.75 Å². The maximum atomic E-state index is 13.3. The third-order valence-electron chi connectivity index (χ3n) is 6.35. The van der Waals surface area contributed by atoms with Crippen molar-refractivity contribution in [2.45, 2.75) is 43.9 Å². The average Bonchev–Trinajstić information content (AvgIpc) is 3.30. The summed E-state index contributed by atoms with van der Waals surface area (Å²) in [5, 5.41) is 9.65. The average molecular weight is 613 g/mol. The van der Waals surface area contributed by atoms with Crippen LogP contribution in [0, 0.1) is 0 Å². The van der Waals surface area contributed by atoms with Gasteiger partial charge in [0, 0.05) is 28.9 Å². The molecule has 2 aromatic carbocycles. The second-order valence-corrected chi connectivity index (χ2v) is 12.1. The molecule has 0 bridgehead atoms. The molecule has 0 radical (unpaired) electrons. The summed E-state index contributed by atoms with van der Waals surface area (Å²) < 4.78 is 10.7. The number of para-hydroxylation sites is 2. The molecule has 216 valence electrons. The van der Waals surface area contributed by atoms with E-state index in [1.165, 1.54) is 30.0 Å². The van der Waals surface area contributed by atoms with E-state index in [4.69, 9.17) is 21.7 Å². The molecule has 9 nitrogen and oxygen atoms in total. The monoisotopic (exact) mass is 612 g/mol. The highest BCUT2D eigenvalue weighted by Crippen LogP contribution is 2.38. The predicted octanol–water partition coefficient (Wildman–Crippen LogP) is 5.77. The fourth-order valence-corrected chi connectivity index (χ4v) is 6.74. The van der Waals surface area contributed by atoms with Crippen LogP contribution in [0.2, 0.25) is 0 Å². The van der Waals surface area contributed by atoms with Gasteiger partial charge in [-0.05, 0) is 68.4 Å². The molecule has 1 unspecified atom stereocenters. The van der Waals surface area contributed by atoms with E-state index in [0.717, 1.165) is 26.7 Å². The molecular weight excluding hydrogens is 581 g/mol. The van der Waals surface area contributed by atoms with E-state index in [1.807, 2.05) is 55.5 Å². The maximum absolute atomic E-state index is 13.3. The van der Waals surface area contributed by atoms with E-state index in [9.17, 15) is 14.4 Å². The first-order valence-electron chi connectivity index (χ1n) is 13.1. The van der Waals surface area contributed by atoms with Gasteiger partial charge in [-0.1, -0.05) is 18.2 Å². The van der Waals surface area contributed by atoms with Crippen LogP contribution in [0.1, 0.15) is 41.6 Å². The van der Waals surface area contributed by atoms with Crippen molar-refractivity contribution in [1.29, 1.82) is 0 Å². The molecule has 1 aromatic heterocycles. The van der Waals surface area contributed by atoms with E-state index < -0.39 is 11.2 Å². The normalized spacial score (nSPS) is 13.0. The molecule has 0 spiro atoms. The Kier molecular flexibility index (Phi) is 10.2. The number of carbonyl (C=O) groups is 3. The number of thiophene rings is 1. The minimum atomic E-state index is -0.466. The summed E-state index contributed by atoms with van der Waals surface area (Å²) >= 11 is 8.19. The topological polar surface area (TPSA) is 109 Å². The summed E-state index contributed by atoms with van der Waals surface area (Å²) in [6.45, 7) is 6.24. The van der Waals surface area contributed by atoms with Crippen LogP contribution in [0.4, 0.5) is 16.4 Å². The highest BCUT2D eigenvalue weighted by atomic mass is 32.2. The molecule has 12 heteroatoms. The van der Waals surface area contributed by atoms with Crippen molar-refractivity contribution in [3.63, 3.8) is 0 Å². The van der Waals surface area contributed by atoms with Crippen molar-refractivity contribution < 1.29 is 23.9 Å². The SMILES string of the molecule is CCOC(=O)c1c(NC(=O)C(C)Sc2cccc(NC(=S)Nc3ccccc3OC)c2)sc2c1CCN(C(C)=O)C2. The fourth-order valence-electron chi connectivity index (χ4n) is 4.33. The lowest BCUT2D eigenvalue weighted by Gasteiger charge is -2.25. The quantitative estimate of drug-likeness (QED) is 0.158. The summed E-state index contributed by atoms with van der Waals surface area (Å²) in [5.41, 5.74) is 2.75. The zero-order valence-corrected chi connectivity index (χ0v) is 25.7. The van der Waals surface area contributed by atoms with Gasteiger partial charge in [-0.15, -0.1) is 23.1 Å². The van der Waals surface area contributed by atoms with Crippen LogP contribution < -0.4 is 20.7 Å². The molecule has 1 atom stereocenters. The number of nitrogens with one attached hydrogen (secondary N) is 3. The van der Waals surface area contributed by atoms with E-state index in [2.05, 4.69) is 16.0 Å². The number of esters is 1. The molecule has 1 aliphatic rings. The molecular formula is C29H32N4O5S3. The number of hydrogen-bond acceptors (Lipinski definition) is 8. The lowest BCUT2D eigenvalue weighted by molar-refractivity contribution is -0.129. The second kappa shape index (κ2) is 13.8. The maximum Gasteiger partial charge on any atom is 0.341 e. The van der Waals surface area contributed by atoms with E-state index in [0.29, 0.717) is 40.9 Å². The van der Waals surface area contributed by atoms with Gasteiger partial charge in [0.05, 0.1) is 36.8 Å². The first kappa shape index (κ1) is 30.4. The van der Waals surface area contributed by atoms with Crippen LogP contribution in [0.3, 0.4) is 0 Å². The molecule has 1 aliphatic heterocycles. The van der Waals surface area contributed by atoms with Gasteiger partial charge in [0.2, 0.25) is 11.8 Å². The number of ether oxygens (including phenoxy) is 2. The van der Waals surface area contributed by atoms with Crippen molar-refractivity contribution in [2.75, 3.05) is 36.2 Å². The van der Waals surface area contributed by atoms with Gasteiger partial charge in [0.25, 0.3) is 0 Å².